The maximum Gasteiger partial charge on any atom is 0.119 e. The Morgan fingerprint density at radius 1 is 0.646 bits per heavy atom. The van der Waals surface area contributed by atoms with Gasteiger partial charge in [0.25, 0.3) is 0 Å². The first-order valence-electron chi connectivity index (χ1n) is 17.9. The number of rotatable bonds is 18. The molecule has 2 unspecified atom stereocenters. The van der Waals surface area contributed by atoms with Crippen LogP contribution in [0.15, 0.2) is 75.5 Å². The zero-order chi connectivity index (χ0) is 34.6. The van der Waals surface area contributed by atoms with Gasteiger partial charge in [-0.2, -0.15) is 0 Å². The minimum Gasteiger partial charge on any atom is -0.493 e. The lowest BCUT2D eigenvalue weighted by molar-refractivity contribution is 0.233. The monoisotopic (exact) mass is 711 g/mol. The highest BCUT2D eigenvalue weighted by molar-refractivity contribution is 9.10. The van der Waals surface area contributed by atoms with Crippen molar-refractivity contribution in [3.8, 4) is 35.2 Å². The molecule has 0 radical (unpaired) electrons. The summed E-state index contributed by atoms with van der Waals surface area (Å²) in [5.41, 5.74) is 3.96. The van der Waals surface area contributed by atoms with Gasteiger partial charge in [-0.05, 0) is 99.2 Å². The van der Waals surface area contributed by atoms with Gasteiger partial charge in [0.15, 0.2) is 0 Å². The van der Waals surface area contributed by atoms with Crippen LogP contribution in [0.1, 0.15) is 115 Å². The zero-order valence-corrected chi connectivity index (χ0v) is 31.5. The van der Waals surface area contributed by atoms with Crippen LogP contribution in [0.25, 0.3) is 0 Å². The Hall–Kier alpha value is -3.74. The fraction of sp³-hybridized carbons (Fsp3) is 0.476. The van der Waals surface area contributed by atoms with E-state index >= 15 is 0 Å². The molecule has 5 nitrogen and oxygen atoms in total. The molecule has 0 bridgehead atoms. The molecule has 2 atom stereocenters. The van der Waals surface area contributed by atoms with Gasteiger partial charge in [-0.1, -0.05) is 111 Å². The molecular formula is C42H54BrN3O2. The predicted octanol–water partition coefficient (Wildman–Crippen LogP) is 11.8. The summed E-state index contributed by atoms with van der Waals surface area (Å²) in [6.45, 7) is 16.1. The van der Waals surface area contributed by atoms with Crippen LogP contribution in [0.2, 0.25) is 0 Å². The first-order valence-corrected chi connectivity index (χ1v) is 18.7. The molecular weight excluding hydrogens is 658 g/mol. The SMILES string of the molecule is CCCCC(CC)COc1ccc(C#Cc2cc(Br)cc(C#Cc3ccc(OCC(CC)CCCC)cc3)c2/N=N/N(CC)CC)cc1. The smallest absolute Gasteiger partial charge is 0.119 e. The van der Waals surface area contributed by atoms with Crippen molar-refractivity contribution in [2.75, 3.05) is 26.3 Å². The van der Waals surface area contributed by atoms with E-state index in [1.54, 1.807) is 0 Å². The molecule has 0 aromatic heterocycles. The molecule has 0 aliphatic rings. The van der Waals surface area contributed by atoms with Gasteiger partial charge in [0, 0.05) is 28.7 Å². The van der Waals surface area contributed by atoms with E-state index in [0.717, 1.165) is 77.4 Å². The van der Waals surface area contributed by atoms with Crippen LogP contribution in [-0.4, -0.2) is 31.3 Å². The van der Waals surface area contributed by atoms with Gasteiger partial charge < -0.3 is 9.47 Å². The minimum atomic E-state index is 0.592. The molecule has 0 amide bonds. The molecule has 0 aliphatic carbocycles. The molecule has 48 heavy (non-hydrogen) atoms. The molecule has 3 rings (SSSR count). The molecule has 0 spiro atoms. The Morgan fingerprint density at radius 3 is 1.46 bits per heavy atom. The molecule has 0 fully saturated rings. The van der Waals surface area contributed by atoms with Gasteiger partial charge in [-0.3, -0.25) is 5.01 Å². The van der Waals surface area contributed by atoms with Gasteiger partial charge in [0.2, 0.25) is 0 Å². The second-order valence-corrected chi connectivity index (χ2v) is 13.1. The molecule has 256 valence electrons. The van der Waals surface area contributed by atoms with Crippen LogP contribution in [0.4, 0.5) is 5.69 Å². The van der Waals surface area contributed by atoms with Crippen LogP contribution in [0.3, 0.4) is 0 Å². The van der Waals surface area contributed by atoms with Crippen molar-refractivity contribution in [1.82, 2.24) is 5.01 Å². The molecule has 3 aromatic rings. The topological polar surface area (TPSA) is 46.4 Å². The van der Waals surface area contributed by atoms with Crippen LogP contribution >= 0.6 is 15.9 Å². The number of halogens is 1. The molecule has 0 saturated heterocycles. The fourth-order valence-electron chi connectivity index (χ4n) is 5.13. The summed E-state index contributed by atoms with van der Waals surface area (Å²) in [7, 11) is 0. The Balaban J connectivity index is 1.83. The third-order valence-corrected chi connectivity index (χ3v) is 8.98. The van der Waals surface area contributed by atoms with Crippen LogP contribution in [0.5, 0.6) is 11.5 Å². The van der Waals surface area contributed by atoms with Crippen LogP contribution < -0.4 is 9.47 Å². The summed E-state index contributed by atoms with van der Waals surface area (Å²) in [5.74, 6) is 16.2. The van der Waals surface area contributed by atoms with E-state index in [2.05, 4.69) is 91.5 Å². The third kappa shape index (κ3) is 13.4. The summed E-state index contributed by atoms with van der Waals surface area (Å²) in [4.78, 5) is 0. The highest BCUT2D eigenvalue weighted by Gasteiger charge is 2.10. The number of hydrogen-bond donors (Lipinski definition) is 0. The first kappa shape index (κ1) is 38.7. The van der Waals surface area contributed by atoms with Gasteiger partial charge >= 0.3 is 0 Å². The lowest BCUT2D eigenvalue weighted by atomic mass is 10.0. The molecule has 3 aromatic carbocycles. The summed E-state index contributed by atoms with van der Waals surface area (Å²) in [6.07, 6.45) is 9.63. The van der Waals surface area contributed by atoms with E-state index in [1.165, 1.54) is 38.5 Å². The summed E-state index contributed by atoms with van der Waals surface area (Å²) in [6, 6.07) is 20.0. The number of benzene rings is 3. The van der Waals surface area contributed by atoms with E-state index < -0.39 is 0 Å². The highest BCUT2D eigenvalue weighted by atomic mass is 79.9. The third-order valence-electron chi connectivity index (χ3n) is 8.53. The zero-order valence-electron chi connectivity index (χ0n) is 29.9. The van der Waals surface area contributed by atoms with Crippen LogP contribution in [0, 0.1) is 35.5 Å². The molecule has 0 N–H and O–H groups in total. The largest absolute Gasteiger partial charge is 0.493 e. The number of nitrogens with zero attached hydrogens (tertiary/aromatic N) is 3. The second kappa shape index (κ2) is 22.0. The van der Waals surface area contributed by atoms with Gasteiger partial charge in [0.1, 0.15) is 17.2 Å². The van der Waals surface area contributed by atoms with Crippen molar-refractivity contribution in [3.05, 3.63) is 87.4 Å². The lowest BCUT2D eigenvalue weighted by Crippen LogP contribution is -2.14. The average molecular weight is 713 g/mol. The van der Waals surface area contributed by atoms with E-state index in [1.807, 2.05) is 65.7 Å². The predicted molar refractivity (Wildman–Crippen MR) is 204 cm³/mol. The summed E-state index contributed by atoms with van der Waals surface area (Å²) in [5, 5.41) is 11.1. The normalized spacial score (nSPS) is 12.1. The molecule has 6 heteroatoms. The Bertz CT molecular complexity index is 1420. The lowest BCUT2D eigenvalue weighted by Gasteiger charge is -2.15. The summed E-state index contributed by atoms with van der Waals surface area (Å²) < 4.78 is 13.1. The van der Waals surface area contributed by atoms with Crippen molar-refractivity contribution in [2.45, 2.75) is 92.9 Å². The Labute approximate surface area is 299 Å². The molecule has 0 aliphatic heterocycles. The Kier molecular flexibility index (Phi) is 17.7. The average Bonchev–Trinajstić information content (AvgIpc) is 3.12. The van der Waals surface area contributed by atoms with E-state index in [0.29, 0.717) is 17.5 Å². The van der Waals surface area contributed by atoms with E-state index in [9.17, 15) is 0 Å². The van der Waals surface area contributed by atoms with Crippen molar-refractivity contribution >= 4 is 21.6 Å². The quantitative estimate of drug-likeness (QED) is 0.0749. The highest BCUT2D eigenvalue weighted by Crippen LogP contribution is 2.29. The standard InChI is InChI=1S/C42H54BrN3O2/c1-7-13-15-33(9-3)31-47-40-25-19-35(20-26-40)17-23-37-29-39(43)30-38(42(37)44-45-46(11-5)12-6)24-18-36-21-27-41(28-22-36)48-32-34(10-4)16-14-8-2/h19-22,25-30,33-34H,7-16,31-32H2,1-6H3/b45-44+. The summed E-state index contributed by atoms with van der Waals surface area (Å²) >= 11 is 3.68. The van der Waals surface area contributed by atoms with Crippen LogP contribution in [-0.2, 0) is 0 Å². The molecule has 0 heterocycles. The minimum absolute atomic E-state index is 0.592. The van der Waals surface area contributed by atoms with Gasteiger partial charge in [0.05, 0.1) is 24.3 Å². The van der Waals surface area contributed by atoms with Gasteiger partial charge in [-0.15, -0.1) is 5.11 Å². The number of unbranched alkanes of at least 4 members (excludes halogenated alkanes) is 2. The van der Waals surface area contributed by atoms with Crippen molar-refractivity contribution in [2.24, 2.45) is 22.2 Å². The number of ether oxygens (including phenoxy) is 2. The maximum absolute atomic E-state index is 6.10. The van der Waals surface area contributed by atoms with Crippen molar-refractivity contribution in [3.63, 3.8) is 0 Å². The van der Waals surface area contributed by atoms with Crippen molar-refractivity contribution < 1.29 is 9.47 Å². The Morgan fingerprint density at radius 2 is 1.08 bits per heavy atom. The van der Waals surface area contributed by atoms with E-state index in [4.69, 9.17) is 9.47 Å². The van der Waals surface area contributed by atoms with Gasteiger partial charge in [-0.25, -0.2) is 0 Å². The van der Waals surface area contributed by atoms with E-state index in [-0.39, 0.29) is 0 Å². The van der Waals surface area contributed by atoms with Crippen molar-refractivity contribution in [1.29, 1.82) is 0 Å². The number of hydrogen-bond acceptors (Lipinski definition) is 4. The second-order valence-electron chi connectivity index (χ2n) is 12.2. The molecule has 0 saturated carbocycles. The maximum atomic E-state index is 6.10. The fourth-order valence-corrected chi connectivity index (χ4v) is 5.59. The first-order chi connectivity index (χ1) is 23.4.